The lowest BCUT2D eigenvalue weighted by Gasteiger charge is -2.22. The second kappa shape index (κ2) is 6.61. The van der Waals surface area contributed by atoms with E-state index in [-0.39, 0.29) is 5.91 Å². The number of hydrogen-bond donors (Lipinski definition) is 0. The zero-order valence-electron chi connectivity index (χ0n) is 13.7. The molecule has 0 aliphatic carbocycles. The van der Waals surface area contributed by atoms with Gasteiger partial charge in [-0.15, -0.1) is 0 Å². The number of para-hydroxylation sites is 1. The first kappa shape index (κ1) is 16.5. The van der Waals surface area contributed by atoms with Crippen LogP contribution < -0.4 is 19.1 Å². The van der Waals surface area contributed by atoms with E-state index in [0.717, 1.165) is 5.56 Å². The van der Waals surface area contributed by atoms with E-state index in [9.17, 15) is 4.79 Å². The first-order chi connectivity index (χ1) is 11.5. The topological polar surface area (TPSA) is 48.0 Å². The lowest BCUT2D eigenvalue weighted by molar-refractivity contribution is -0.124. The maximum absolute atomic E-state index is 12.8. The monoisotopic (exact) mass is 347 g/mol. The van der Waals surface area contributed by atoms with Crippen LogP contribution in [0.2, 0.25) is 5.02 Å². The molecule has 0 saturated heterocycles. The molecule has 1 amide bonds. The molecule has 6 heteroatoms. The van der Waals surface area contributed by atoms with Crippen LogP contribution in [-0.4, -0.2) is 26.2 Å². The van der Waals surface area contributed by atoms with Crippen LogP contribution >= 0.6 is 11.6 Å². The van der Waals surface area contributed by atoms with E-state index in [2.05, 4.69) is 0 Å². The van der Waals surface area contributed by atoms with Gasteiger partial charge in [0.1, 0.15) is 5.75 Å². The minimum absolute atomic E-state index is 0.144. The van der Waals surface area contributed by atoms with E-state index in [1.54, 1.807) is 44.2 Å². The van der Waals surface area contributed by atoms with Crippen molar-refractivity contribution >= 4 is 23.2 Å². The quantitative estimate of drug-likeness (QED) is 0.850. The molecule has 1 aliphatic rings. The second-order valence-electron chi connectivity index (χ2n) is 5.45. The number of methoxy groups -OCH3 is 2. The van der Waals surface area contributed by atoms with Gasteiger partial charge in [-0.05, 0) is 31.2 Å². The lowest BCUT2D eigenvalue weighted by Crippen LogP contribution is -2.38. The zero-order chi connectivity index (χ0) is 17.3. The number of carbonyl (C=O) groups is 1. The maximum atomic E-state index is 12.8. The molecule has 0 N–H and O–H groups in total. The average Bonchev–Trinajstić information content (AvgIpc) is 2.71. The number of hydrogen-bond acceptors (Lipinski definition) is 4. The van der Waals surface area contributed by atoms with Gasteiger partial charge in [-0.1, -0.05) is 23.7 Å². The molecule has 1 aliphatic heterocycles. The van der Waals surface area contributed by atoms with Crippen LogP contribution in [0.25, 0.3) is 0 Å². The smallest absolute Gasteiger partial charge is 0.268 e. The Hall–Kier alpha value is -2.40. The van der Waals surface area contributed by atoms with Gasteiger partial charge in [0.05, 0.1) is 25.8 Å². The molecule has 1 unspecified atom stereocenters. The Kier molecular flexibility index (Phi) is 4.53. The van der Waals surface area contributed by atoms with Gasteiger partial charge in [0.2, 0.25) is 0 Å². The number of amides is 1. The largest absolute Gasteiger partial charge is 0.495 e. The Morgan fingerprint density at radius 2 is 1.92 bits per heavy atom. The van der Waals surface area contributed by atoms with Crippen LogP contribution in [0, 0.1) is 0 Å². The van der Waals surface area contributed by atoms with Crippen molar-refractivity contribution < 1.29 is 19.0 Å². The summed E-state index contributed by atoms with van der Waals surface area (Å²) in [5, 5.41) is 0.450. The summed E-state index contributed by atoms with van der Waals surface area (Å²) in [5.41, 5.74) is 1.57. The van der Waals surface area contributed by atoms with Crippen LogP contribution in [0.4, 0.5) is 5.69 Å². The SMILES string of the molecule is COc1ccc(N2Cc3cccc(OC)c3OC(C)C2=O)cc1Cl. The Bertz CT molecular complexity index is 778. The van der Waals surface area contributed by atoms with Crippen molar-refractivity contribution in [2.75, 3.05) is 19.1 Å². The summed E-state index contributed by atoms with van der Waals surface area (Å²) in [6.07, 6.45) is -0.636. The number of benzene rings is 2. The summed E-state index contributed by atoms with van der Waals surface area (Å²) in [5.74, 6) is 1.63. The van der Waals surface area contributed by atoms with E-state index in [1.807, 2.05) is 18.2 Å². The third-order valence-electron chi connectivity index (χ3n) is 3.96. The van der Waals surface area contributed by atoms with Gasteiger partial charge in [-0.25, -0.2) is 0 Å². The molecule has 0 fully saturated rings. The van der Waals surface area contributed by atoms with Crippen molar-refractivity contribution in [1.82, 2.24) is 0 Å². The molecule has 1 atom stereocenters. The number of carbonyl (C=O) groups excluding carboxylic acids is 1. The highest BCUT2D eigenvalue weighted by Gasteiger charge is 2.30. The number of rotatable bonds is 3. The van der Waals surface area contributed by atoms with Crippen molar-refractivity contribution in [2.45, 2.75) is 19.6 Å². The van der Waals surface area contributed by atoms with Crippen molar-refractivity contribution in [3.8, 4) is 17.2 Å². The number of halogens is 1. The summed E-state index contributed by atoms with van der Waals surface area (Å²) in [4.78, 5) is 14.4. The molecule has 5 nitrogen and oxygen atoms in total. The van der Waals surface area contributed by atoms with E-state index >= 15 is 0 Å². The first-order valence-corrected chi connectivity index (χ1v) is 7.90. The molecule has 2 aromatic carbocycles. The minimum Gasteiger partial charge on any atom is -0.495 e. The molecule has 0 spiro atoms. The molecule has 0 radical (unpaired) electrons. The van der Waals surface area contributed by atoms with E-state index < -0.39 is 6.10 Å². The zero-order valence-corrected chi connectivity index (χ0v) is 14.5. The predicted molar refractivity (Wildman–Crippen MR) is 92.3 cm³/mol. The number of fused-ring (bicyclic) bond motifs is 1. The fourth-order valence-corrected chi connectivity index (χ4v) is 2.97. The van der Waals surface area contributed by atoms with Gasteiger partial charge >= 0.3 is 0 Å². The number of anilines is 1. The van der Waals surface area contributed by atoms with Gasteiger partial charge in [-0.3, -0.25) is 4.79 Å². The van der Waals surface area contributed by atoms with Crippen LogP contribution in [0.3, 0.4) is 0 Å². The van der Waals surface area contributed by atoms with Crippen molar-refractivity contribution in [3.63, 3.8) is 0 Å². The van der Waals surface area contributed by atoms with Crippen LogP contribution in [-0.2, 0) is 11.3 Å². The molecule has 0 bridgehead atoms. The maximum Gasteiger partial charge on any atom is 0.268 e. The highest BCUT2D eigenvalue weighted by Crippen LogP contribution is 2.37. The highest BCUT2D eigenvalue weighted by atomic mass is 35.5. The Balaban J connectivity index is 2.04. The Morgan fingerprint density at radius 3 is 2.58 bits per heavy atom. The third kappa shape index (κ3) is 2.87. The van der Waals surface area contributed by atoms with Crippen LogP contribution in [0.15, 0.2) is 36.4 Å². The lowest BCUT2D eigenvalue weighted by atomic mass is 10.1. The second-order valence-corrected chi connectivity index (χ2v) is 5.86. The average molecular weight is 348 g/mol. The highest BCUT2D eigenvalue weighted by molar-refractivity contribution is 6.32. The summed E-state index contributed by atoms with van der Waals surface area (Å²) in [6.45, 7) is 2.10. The van der Waals surface area contributed by atoms with E-state index in [0.29, 0.717) is 34.5 Å². The summed E-state index contributed by atoms with van der Waals surface area (Å²) >= 11 is 6.21. The number of ether oxygens (including phenoxy) is 3. The van der Waals surface area contributed by atoms with Gasteiger partial charge < -0.3 is 19.1 Å². The van der Waals surface area contributed by atoms with Crippen molar-refractivity contribution in [3.05, 3.63) is 47.0 Å². The molecule has 1 heterocycles. The van der Waals surface area contributed by atoms with Crippen LogP contribution in [0.1, 0.15) is 12.5 Å². The van der Waals surface area contributed by atoms with Gasteiger partial charge in [0, 0.05) is 11.3 Å². The predicted octanol–water partition coefficient (Wildman–Crippen LogP) is 3.67. The standard InChI is InChI=1S/C18H18ClNO4/c1-11-18(21)20(13-7-8-15(22-2)14(19)9-13)10-12-5-4-6-16(23-3)17(12)24-11/h4-9,11H,10H2,1-3H3. The normalized spacial score (nSPS) is 16.9. The van der Waals surface area contributed by atoms with Gasteiger partial charge in [0.15, 0.2) is 17.6 Å². The molecule has 0 saturated carbocycles. The van der Waals surface area contributed by atoms with E-state index in [1.165, 1.54) is 0 Å². The van der Waals surface area contributed by atoms with E-state index in [4.69, 9.17) is 25.8 Å². The minimum atomic E-state index is -0.636. The molecular formula is C18H18ClNO4. The Labute approximate surface area is 145 Å². The molecule has 3 rings (SSSR count). The fraction of sp³-hybridized carbons (Fsp3) is 0.278. The summed E-state index contributed by atoms with van der Waals surface area (Å²) < 4.78 is 16.4. The first-order valence-electron chi connectivity index (χ1n) is 7.52. The molecular weight excluding hydrogens is 330 g/mol. The van der Waals surface area contributed by atoms with Gasteiger partial charge in [0.25, 0.3) is 5.91 Å². The van der Waals surface area contributed by atoms with Crippen molar-refractivity contribution in [2.24, 2.45) is 0 Å². The van der Waals surface area contributed by atoms with Crippen LogP contribution in [0.5, 0.6) is 17.2 Å². The summed E-state index contributed by atoms with van der Waals surface area (Å²) in [6, 6.07) is 10.9. The molecule has 0 aromatic heterocycles. The van der Waals surface area contributed by atoms with Crippen molar-refractivity contribution in [1.29, 1.82) is 0 Å². The fourth-order valence-electron chi connectivity index (χ4n) is 2.72. The summed E-state index contributed by atoms with van der Waals surface area (Å²) in [7, 11) is 3.13. The Morgan fingerprint density at radius 1 is 1.17 bits per heavy atom. The molecule has 2 aromatic rings. The number of nitrogens with zero attached hydrogens (tertiary/aromatic N) is 1. The third-order valence-corrected chi connectivity index (χ3v) is 4.26. The molecule has 24 heavy (non-hydrogen) atoms. The molecule has 126 valence electrons. The van der Waals surface area contributed by atoms with Gasteiger partial charge in [-0.2, -0.15) is 0 Å².